The van der Waals surface area contributed by atoms with Gasteiger partial charge in [0.05, 0.1) is 0 Å². The number of hydrogen-bond donors (Lipinski definition) is 0. The van der Waals surface area contributed by atoms with Gasteiger partial charge in [-0.25, -0.2) is 0 Å². The molecule has 48 valence electrons. The second-order valence-electron chi connectivity index (χ2n) is 1.88. The van der Waals surface area contributed by atoms with Gasteiger partial charge >= 0.3 is 0 Å². The first-order valence-electron chi connectivity index (χ1n) is 3.40. The van der Waals surface area contributed by atoms with E-state index in [0.717, 1.165) is 13.0 Å². The molecule has 0 atom stereocenters. The molecule has 0 aliphatic rings. The molecule has 1 nitrogen and oxygen atoms in total. The topological polar surface area (TPSA) is 12.4 Å². The van der Waals surface area contributed by atoms with Crippen LogP contribution in [0.2, 0.25) is 0 Å². The zero-order valence-electron chi connectivity index (χ0n) is 5.85. The first kappa shape index (κ1) is 7.67. The fourth-order valence-electron chi connectivity index (χ4n) is 0.441. The predicted molar refractivity (Wildman–Crippen MR) is 38.6 cm³/mol. The fraction of sp³-hybridized carbons (Fsp3) is 0.857. The minimum atomic E-state index is 1.00. The first-order chi connectivity index (χ1) is 3.91. The van der Waals surface area contributed by atoms with E-state index in [-0.39, 0.29) is 0 Å². The standard InChI is InChI=1S/C7H15N/c1-3-5-7-8-6-4-2/h7H,3-6H2,1-2H3. The van der Waals surface area contributed by atoms with Gasteiger partial charge in [-0.05, 0) is 19.1 Å². The molecule has 0 aromatic rings. The van der Waals surface area contributed by atoms with Crippen molar-refractivity contribution in [3.8, 4) is 0 Å². The molecule has 0 heterocycles. The Balaban J connectivity index is 2.83. The number of hydrogen-bond acceptors (Lipinski definition) is 1. The lowest BCUT2D eigenvalue weighted by Gasteiger charge is -1.84. The van der Waals surface area contributed by atoms with Crippen molar-refractivity contribution >= 4 is 6.21 Å². The third-order valence-electron chi connectivity index (χ3n) is 0.900. The third-order valence-corrected chi connectivity index (χ3v) is 0.900. The van der Waals surface area contributed by atoms with Gasteiger partial charge < -0.3 is 0 Å². The second-order valence-corrected chi connectivity index (χ2v) is 1.88. The Bertz CT molecular complexity index is 49.4. The summed E-state index contributed by atoms with van der Waals surface area (Å²) in [5, 5.41) is 0. The van der Waals surface area contributed by atoms with E-state index in [1.165, 1.54) is 12.8 Å². The highest BCUT2D eigenvalue weighted by Crippen LogP contribution is 1.82. The van der Waals surface area contributed by atoms with Crippen LogP contribution in [0, 0.1) is 0 Å². The van der Waals surface area contributed by atoms with Crippen molar-refractivity contribution in [2.24, 2.45) is 4.99 Å². The van der Waals surface area contributed by atoms with Crippen LogP contribution >= 0.6 is 0 Å². The summed E-state index contributed by atoms with van der Waals surface area (Å²) >= 11 is 0. The second kappa shape index (κ2) is 6.67. The zero-order chi connectivity index (χ0) is 6.24. The van der Waals surface area contributed by atoms with Gasteiger partial charge in [0.15, 0.2) is 0 Å². The summed E-state index contributed by atoms with van der Waals surface area (Å²) in [7, 11) is 0. The molecule has 0 spiro atoms. The van der Waals surface area contributed by atoms with Gasteiger partial charge in [-0.15, -0.1) is 0 Å². The van der Waals surface area contributed by atoms with Crippen LogP contribution in [0.15, 0.2) is 4.99 Å². The van der Waals surface area contributed by atoms with Crippen LogP contribution in [0.1, 0.15) is 33.1 Å². The lowest BCUT2D eigenvalue weighted by molar-refractivity contribution is 0.921. The predicted octanol–water partition coefficient (Wildman–Crippen LogP) is 2.27. The average molecular weight is 113 g/mol. The van der Waals surface area contributed by atoms with Crippen LogP contribution in [0.3, 0.4) is 0 Å². The first-order valence-corrected chi connectivity index (χ1v) is 3.40. The van der Waals surface area contributed by atoms with Crippen molar-refractivity contribution in [1.29, 1.82) is 0 Å². The number of nitrogens with zero attached hydrogens (tertiary/aromatic N) is 1. The Kier molecular flexibility index (Phi) is 6.39. The smallest absolute Gasteiger partial charge is 0.0382 e. The molecule has 0 aliphatic carbocycles. The van der Waals surface area contributed by atoms with E-state index in [1.54, 1.807) is 0 Å². The highest BCUT2D eigenvalue weighted by molar-refractivity contribution is 5.56. The molecule has 0 aromatic heterocycles. The molecular weight excluding hydrogens is 98.1 g/mol. The summed E-state index contributed by atoms with van der Waals surface area (Å²) in [6.45, 7) is 5.31. The minimum absolute atomic E-state index is 1.00. The van der Waals surface area contributed by atoms with E-state index in [1.807, 2.05) is 6.21 Å². The van der Waals surface area contributed by atoms with Crippen molar-refractivity contribution in [1.82, 2.24) is 0 Å². The lowest BCUT2D eigenvalue weighted by atomic mass is 10.4. The monoisotopic (exact) mass is 113 g/mol. The molecular formula is C7H15N. The third kappa shape index (κ3) is 5.67. The molecule has 0 saturated heterocycles. The Hall–Kier alpha value is -0.330. The Morgan fingerprint density at radius 1 is 1.25 bits per heavy atom. The molecule has 0 rings (SSSR count). The van der Waals surface area contributed by atoms with Gasteiger partial charge in [0.2, 0.25) is 0 Å². The lowest BCUT2D eigenvalue weighted by Crippen LogP contribution is -1.77. The van der Waals surface area contributed by atoms with E-state index >= 15 is 0 Å². The van der Waals surface area contributed by atoms with Crippen molar-refractivity contribution < 1.29 is 0 Å². The summed E-state index contributed by atoms with van der Waals surface area (Å²) < 4.78 is 0. The van der Waals surface area contributed by atoms with Crippen LogP contribution in [0.25, 0.3) is 0 Å². The maximum Gasteiger partial charge on any atom is 0.0382 e. The quantitative estimate of drug-likeness (QED) is 0.496. The average Bonchev–Trinajstić information content (AvgIpc) is 1.81. The molecule has 1 heteroatoms. The van der Waals surface area contributed by atoms with E-state index < -0.39 is 0 Å². The summed E-state index contributed by atoms with van der Waals surface area (Å²) in [5.41, 5.74) is 0. The van der Waals surface area contributed by atoms with Crippen molar-refractivity contribution in [3.63, 3.8) is 0 Å². The van der Waals surface area contributed by atoms with Gasteiger partial charge in [0.1, 0.15) is 0 Å². The molecule has 0 saturated carbocycles. The number of rotatable bonds is 4. The summed E-state index contributed by atoms with van der Waals surface area (Å²) in [5.74, 6) is 0. The van der Waals surface area contributed by atoms with Crippen molar-refractivity contribution in [3.05, 3.63) is 0 Å². The highest BCUT2D eigenvalue weighted by Gasteiger charge is 1.72. The van der Waals surface area contributed by atoms with Crippen LogP contribution in [-0.4, -0.2) is 12.8 Å². The molecule has 0 aromatic carbocycles. The molecule has 0 radical (unpaired) electrons. The SMILES string of the molecule is CCCC=NCCC. The van der Waals surface area contributed by atoms with Crippen molar-refractivity contribution in [2.45, 2.75) is 33.1 Å². The van der Waals surface area contributed by atoms with Gasteiger partial charge in [0.25, 0.3) is 0 Å². The Labute approximate surface area is 51.8 Å². The van der Waals surface area contributed by atoms with E-state index in [9.17, 15) is 0 Å². The number of aliphatic imine (C=N–C) groups is 1. The van der Waals surface area contributed by atoms with E-state index in [0.29, 0.717) is 0 Å². The molecule has 8 heavy (non-hydrogen) atoms. The normalized spacial score (nSPS) is 10.8. The molecule has 0 N–H and O–H groups in total. The molecule has 0 unspecified atom stereocenters. The molecule has 0 fully saturated rings. The molecule has 0 bridgehead atoms. The maximum atomic E-state index is 4.15. The van der Waals surface area contributed by atoms with Gasteiger partial charge in [-0.1, -0.05) is 20.3 Å². The van der Waals surface area contributed by atoms with E-state index in [4.69, 9.17) is 0 Å². The Morgan fingerprint density at radius 2 is 2.00 bits per heavy atom. The van der Waals surface area contributed by atoms with Crippen LogP contribution in [-0.2, 0) is 0 Å². The van der Waals surface area contributed by atoms with Crippen LogP contribution in [0.5, 0.6) is 0 Å². The molecule has 0 amide bonds. The maximum absolute atomic E-state index is 4.15. The van der Waals surface area contributed by atoms with Crippen LogP contribution < -0.4 is 0 Å². The largest absolute Gasteiger partial charge is 0.298 e. The van der Waals surface area contributed by atoms with Gasteiger partial charge in [-0.3, -0.25) is 4.99 Å². The minimum Gasteiger partial charge on any atom is -0.298 e. The van der Waals surface area contributed by atoms with Gasteiger partial charge in [0, 0.05) is 6.54 Å². The Morgan fingerprint density at radius 3 is 2.50 bits per heavy atom. The molecule has 0 aliphatic heterocycles. The summed E-state index contributed by atoms with van der Waals surface area (Å²) in [6.07, 6.45) is 5.54. The van der Waals surface area contributed by atoms with Crippen LogP contribution in [0.4, 0.5) is 0 Å². The van der Waals surface area contributed by atoms with Gasteiger partial charge in [-0.2, -0.15) is 0 Å². The summed E-state index contributed by atoms with van der Waals surface area (Å²) in [4.78, 5) is 4.15. The van der Waals surface area contributed by atoms with Crippen molar-refractivity contribution in [2.75, 3.05) is 6.54 Å². The summed E-state index contributed by atoms with van der Waals surface area (Å²) in [6, 6.07) is 0. The van der Waals surface area contributed by atoms with E-state index in [2.05, 4.69) is 18.8 Å². The highest BCUT2D eigenvalue weighted by atomic mass is 14.7. The fourth-order valence-corrected chi connectivity index (χ4v) is 0.441. The zero-order valence-corrected chi connectivity index (χ0v) is 5.85. The number of unbranched alkanes of at least 4 members (excludes halogenated alkanes) is 1.